The standard InChI is InChI=1S/C8H11NOS/c1-2-10-7-3-6(9)4-8(11)5-7/h3-5,11H,2,9H2,1H3. The molecule has 0 aliphatic carbocycles. The minimum Gasteiger partial charge on any atom is -0.494 e. The Bertz CT molecular complexity index is 230. The minimum absolute atomic E-state index is 0.649. The van der Waals surface area contributed by atoms with Crippen LogP contribution >= 0.6 is 12.6 Å². The fourth-order valence-corrected chi connectivity index (χ4v) is 1.13. The summed E-state index contributed by atoms with van der Waals surface area (Å²) in [6.45, 7) is 2.58. The Kier molecular flexibility index (Phi) is 2.65. The highest BCUT2D eigenvalue weighted by Gasteiger charge is 1.95. The molecule has 0 aromatic heterocycles. The summed E-state index contributed by atoms with van der Waals surface area (Å²) < 4.78 is 5.24. The van der Waals surface area contributed by atoms with E-state index in [1.165, 1.54) is 0 Å². The largest absolute Gasteiger partial charge is 0.494 e. The van der Waals surface area contributed by atoms with Crippen molar-refractivity contribution >= 4 is 18.3 Å². The van der Waals surface area contributed by atoms with Gasteiger partial charge in [0.2, 0.25) is 0 Å². The Labute approximate surface area is 71.8 Å². The molecule has 0 spiro atoms. The van der Waals surface area contributed by atoms with E-state index in [1.54, 1.807) is 12.1 Å². The zero-order valence-electron chi connectivity index (χ0n) is 6.37. The molecule has 0 saturated heterocycles. The first-order valence-corrected chi connectivity index (χ1v) is 3.89. The zero-order chi connectivity index (χ0) is 8.27. The van der Waals surface area contributed by atoms with Crippen LogP contribution in [-0.4, -0.2) is 6.61 Å². The van der Waals surface area contributed by atoms with Crippen LogP contribution in [0.3, 0.4) is 0 Å². The van der Waals surface area contributed by atoms with E-state index in [9.17, 15) is 0 Å². The zero-order valence-corrected chi connectivity index (χ0v) is 7.27. The van der Waals surface area contributed by atoms with E-state index in [0.717, 1.165) is 10.6 Å². The number of nitrogens with two attached hydrogens (primary N) is 1. The van der Waals surface area contributed by atoms with Crippen LogP contribution in [0.2, 0.25) is 0 Å². The van der Waals surface area contributed by atoms with Crippen LogP contribution in [0, 0.1) is 0 Å². The van der Waals surface area contributed by atoms with Crippen molar-refractivity contribution in [2.24, 2.45) is 0 Å². The lowest BCUT2D eigenvalue weighted by Gasteiger charge is -2.04. The second-order valence-electron chi connectivity index (χ2n) is 2.19. The maximum Gasteiger partial charge on any atom is 0.122 e. The number of anilines is 1. The van der Waals surface area contributed by atoms with Gasteiger partial charge in [-0.2, -0.15) is 0 Å². The summed E-state index contributed by atoms with van der Waals surface area (Å²) in [6, 6.07) is 5.40. The van der Waals surface area contributed by atoms with Crippen LogP contribution in [0.5, 0.6) is 5.75 Å². The highest BCUT2D eigenvalue weighted by Crippen LogP contribution is 2.20. The number of nitrogen functional groups attached to an aromatic ring is 1. The predicted molar refractivity (Wildman–Crippen MR) is 49.3 cm³/mol. The average Bonchev–Trinajstić information content (AvgIpc) is 1.85. The number of benzene rings is 1. The number of rotatable bonds is 2. The molecule has 0 aliphatic rings. The molecule has 0 atom stereocenters. The Hall–Kier alpha value is -0.830. The molecule has 2 nitrogen and oxygen atoms in total. The summed E-state index contributed by atoms with van der Waals surface area (Å²) in [7, 11) is 0. The van der Waals surface area contributed by atoms with E-state index in [2.05, 4.69) is 12.6 Å². The second kappa shape index (κ2) is 3.53. The molecule has 1 aromatic carbocycles. The van der Waals surface area contributed by atoms with Crippen LogP contribution in [0.1, 0.15) is 6.92 Å². The Morgan fingerprint density at radius 2 is 2.18 bits per heavy atom. The molecule has 0 saturated carbocycles. The first-order chi connectivity index (χ1) is 5.22. The van der Waals surface area contributed by atoms with E-state index >= 15 is 0 Å². The fourth-order valence-electron chi connectivity index (χ4n) is 0.856. The lowest BCUT2D eigenvalue weighted by Crippen LogP contribution is -1.93. The SMILES string of the molecule is CCOc1cc(N)cc(S)c1. The number of thiol groups is 1. The molecule has 2 N–H and O–H groups in total. The maximum atomic E-state index is 5.56. The molecule has 1 aromatic rings. The van der Waals surface area contributed by atoms with Gasteiger partial charge in [-0.3, -0.25) is 0 Å². The minimum atomic E-state index is 0.649. The molecule has 0 fully saturated rings. The average molecular weight is 169 g/mol. The summed E-state index contributed by atoms with van der Waals surface area (Å²) in [5.41, 5.74) is 6.24. The van der Waals surface area contributed by atoms with Gasteiger partial charge >= 0.3 is 0 Å². The molecule has 0 aliphatic heterocycles. The molecular formula is C8H11NOS. The van der Waals surface area contributed by atoms with Crippen molar-refractivity contribution in [2.75, 3.05) is 12.3 Å². The van der Waals surface area contributed by atoms with E-state index in [0.29, 0.717) is 12.3 Å². The molecule has 0 bridgehead atoms. The van der Waals surface area contributed by atoms with Crippen molar-refractivity contribution < 1.29 is 4.74 Å². The molecule has 0 heterocycles. The smallest absolute Gasteiger partial charge is 0.122 e. The third-order valence-corrected chi connectivity index (χ3v) is 1.48. The Morgan fingerprint density at radius 3 is 2.73 bits per heavy atom. The quantitative estimate of drug-likeness (QED) is 0.524. The fraction of sp³-hybridized carbons (Fsp3) is 0.250. The molecule has 60 valence electrons. The Balaban J connectivity index is 2.89. The van der Waals surface area contributed by atoms with Crippen LogP contribution in [0.25, 0.3) is 0 Å². The van der Waals surface area contributed by atoms with E-state index in [-0.39, 0.29) is 0 Å². The number of hydrogen-bond donors (Lipinski definition) is 2. The molecule has 1 rings (SSSR count). The summed E-state index contributed by atoms with van der Waals surface area (Å²) in [4.78, 5) is 0.827. The monoisotopic (exact) mass is 169 g/mol. The van der Waals surface area contributed by atoms with Gasteiger partial charge in [0.1, 0.15) is 5.75 Å². The molecule has 0 amide bonds. The van der Waals surface area contributed by atoms with Crippen LogP contribution in [-0.2, 0) is 0 Å². The van der Waals surface area contributed by atoms with Crippen LogP contribution in [0.15, 0.2) is 23.1 Å². The molecular weight excluding hydrogens is 158 g/mol. The van der Waals surface area contributed by atoms with Crippen molar-refractivity contribution in [3.8, 4) is 5.75 Å². The second-order valence-corrected chi connectivity index (χ2v) is 2.71. The van der Waals surface area contributed by atoms with Gasteiger partial charge in [-0.25, -0.2) is 0 Å². The highest BCUT2D eigenvalue weighted by molar-refractivity contribution is 7.80. The Morgan fingerprint density at radius 1 is 1.45 bits per heavy atom. The number of ether oxygens (including phenoxy) is 1. The highest BCUT2D eigenvalue weighted by atomic mass is 32.1. The molecule has 11 heavy (non-hydrogen) atoms. The summed E-state index contributed by atoms with van der Waals surface area (Å²) in [5.74, 6) is 0.775. The summed E-state index contributed by atoms with van der Waals surface area (Å²) in [6.07, 6.45) is 0. The van der Waals surface area contributed by atoms with Crippen molar-refractivity contribution in [1.29, 1.82) is 0 Å². The maximum absolute atomic E-state index is 5.56. The van der Waals surface area contributed by atoms with Crippen LogP contribution < -0.4 is 10.5 Å². The number of hydrogen-bond acceptors (Lipinski definition) is 3. The first-order valence-electron chi connectivity index (χ1n) is 3.44. The van der Waals surface area contributed by atoms with Gasteiger partial charge in [0.25, 0.3) is 0 Å². The third-order valence-electron chi connectivity index (χ3n) is 1.22. The lowest BCUT2D eigenvalue weighted by molar-refractivity contribution is 0.339. The summed E-state index contributed by atoms with van der Waals surface area (Å²) >= 11 is 4.16. The van der Waals surface area contributed by atoms with Gasteiger partial charge in [-0.1, -0.05) is 0 Å². The molecule has 3 heteroatoms. The van der Waals surface area contributed by atoms with Gasteiger partial charge in [0.15, 0.2) is 0 Å². The van der Waals surface area contributed by atoms with Crippen molar-refractivity contribution in [3.05, 3.63) is 18.2 Å². The van der Waals surface area contributed by atoms with Gasteiger partial charge in [0, 0.05) is 16.6 Å². The van der Waals surface area contributed by atoms with E-state index in [4.69, 9.17) is 10.5 Å². The third kappa shape index (κ3) is 2.35. The van der Waals surface area contributed by atoms with Crippen molar-refractivity contribution in [2.45, 2.75) is 11.8 Å². The topological polar surface area (TPSA) is 35.2 Å². The lowest BCUT2D eigenvalue weighted by atomic mass is 10.3. The summed E-state index contributed by atoms with van der Waals surface area (Å²) in [5, 5.41) is 0. The van der Waals surface area contributed by atoms with Crippen LogP contribution in [0.4, 0.5) is 5.69 Å². The van der Waals surface area contributed by atoms with Crippen molar-refractivity contribution in [1.82, 2.24) is 0 Å². The normalized spacial score (nSPS) is 9.64. The van der Waals surface area contributed by atoms with E-state index < -0.39 is 0 Å². The van der Waals surface area contributed by atoms with Gasteiger partial charge in [0.05, 0.1) is 6.61 Å². The molecule has 0 radical (unpaired) electrons. The first kappa shape index (κ1) is 8.27. The van der Waals surface area contributed by atoms with Gasteiger partial charge in [-0.05, 0) is 19.1 Å². The van der Waals surface area contributed by atoms with Gasteiger partial charge in [-0.15, -0.1) is 12.6 Å². The van der Waals surface area contributed by atoms with E-state index in [1.807, 2.05) is 13.0 Å². The molecule has 0 unspecified atom stereocenters. The predicted octanol–water partition coefficient (Wildman–Crippen LogP) is 1.96. The van der Waals surface area contributed by atoms with Gasteiger partial charge < -0.3 is 10.5 Å². The van der Waals surface area contributed by atoms with Crippen molar-refractivity contribution in [3.63, 3.8) is 0 Å².